The second kappa shape index (κ2) is 12.7. The van der Waals surface area contributed by atoms with E-state index in [-0.39, 0.29) is 23.6 Å². The minimum atomic E-state index is -6.60. The summed E-state index contributed by atoms with van der Waals surface area (Å²) in [7, 11) is 0. The molecule has 0 aromatic heterocycles. The molecule has 3 aromatic carbocycles. The third kappa shape index (κ3) is 7.71. The van der Waals surface area contributed by atoms with Gasteiger partial charge in [0.05, 0.1) is 12.2 Å². The van der Waals surface area contributed by atoms with Crippen LogP contribution in [-0.2, 0) is 5.92 Å². The molecule has 0 radical (unpaired) electrons. The molecule has 0 saturated heterocycles. The zero-order valence-electron chi connectivity index (χ0n) is 20.8. The number of ether oxygens (including phenoxy) is 1. The Morgan fingerprint density at radius 2 is 1.25 bits per heavy atom. The minimum absolute atomic E-state index is 0.0777. The van der Waals surface area contributed by atoms with Gasteiger partial charge in [-0.15, -0.1) is 0 Å². The molecule has 4 nitrogen and oxygen atoms in total. The van der Waals surface area contributed by atoms with Crippen molar-refractivity contribution in [3.8, 4) is 17.2 Å². The molecule has 3 aromatic rings. The predicted octanol–water partition coefficient (Wildman–Crippen LogP) is 8.52. The average molecular weight is 587 g/mol. The van der Waals surface area contributed by atoms with E-state index in [1.807, 2.05) is 13.8 Å². The van der Waals surface area contributed by atoms with Gasteiger partial charge >= 0.3 is 24.2 Å². The summed E-state index contributed by atoms with van der Waals surface area (Å²) in [5, 5.41) is 9.96. The van der Waals surface area contributed by atoms with Crippen molar-refractivity contribution in [1.29, 1.82) is 0 Å². The van der Waals surface area contributed by atoms with Crippen LogP contribution in [0.15, 0.2) is 78.9 Å². The zero-order chi connectivity index (χ0) is 30.4. The highest BCUT2D eigenvalue weighted by molar-refractivity contribution is 5.51. The number of anilines is 1. The molecule has 0 spiro atoms. The summed E-state index contributed by atoms with van der Waals surface area (Å²) < 4.78 is 138. The Hall–Kier alpha value is -3.68. The first-order valence-corrected chi connectivity index (χ1v) is 11.5. The van der Waals surface area contributed by atoms with Crippen molar-refractivity contribution in [3.63, 3.8) is 0 Å². The van der Waals surface area contributed by atoms with Gasteiger partial charge < -0.3 is 14.7 Å². The molecule has 0 saturated carbocycles. The fraction of sp³-hybridized carbons (Fsp3) is 0.308. The topological polar surface area (TPSA) is 41.9 Å². The number of hydrogen-bond acceptors (Lipinski definition) is 4. The SMILES string of the molecule is CC.O[C@H](CN(Oc1cccc(C(F)(F)C(F)(F)C(F)(F)F)c1)c1cccc(Oc2ccccc2)c1)C(F)(F)F. The number of para-hydroxylation sites is 1. The van der Waals surface area contributed by atoms with Crippen molar-refractivity contribution in [1.82, 2.24) is 0 Å². The maximum Gasteiger partial charge on any atom is 0.460 e. The van der Waals surface area contributed by atoms with Gasteiger partial charge in [0.25, 0.3) is 0 Å². The van der Waals surface area contributed by atoms with Crippen molar-refractivity contribution >= 4 is 5.69 Å². The van der Waals surface area contributed by atoms with E-state index in [4.69, 9.17) is 9.57 Å². The van der Waals surface area contributed by atoms with Crippen molar-refractivity contribution in [2.75, 3.05) is 11.6 Å². The van der Waals surface area contributed by atoms with E-state index < -0.39 is 48.2 Å². The van der Waals surface area contributed by atoms with Gasteiger partial charge in [-0.1, -0.05) is 50.2 Å². The smallest absolute Gasteiger partial charge is 0.457 e. The van der Waals surface area contributed by atoms with Crippen molar-refractivity contribution in [2.24, 2.45) is 0 Å². The Bertz CT molecular complexity index is 1220. The van der Waals surface area contributed by atoms with Gasteiger partial charge in [0.1, 0.15) is 11.5 Å². The van der Waals surface area contributed by atoms with Gasteiger partial charge in [0.2, 0.25) is 0 Å². The third-order valence-electron chi connectivity index (χ3n) is 4.96. The van der Waals surface area contributed by atoms with Crippen LogP contribution in [0.4, 0.5) is 49.6 Å². The molecule has 220 valence electrons. The van der Waals surface area contributed by atoms with Gasteiger partial charge in [-0.05, 0) is 36.4 Å². The van der Waals surface area contributed by atoms with Crippen molar-refractivity contribution < 1.29 is 58.6 Å². The lowest BCUT2D eigenvalue weighted by atomic mass is 10.0. The number of alkyl halides is 10. The standard InChI is InChI=1S/C24H17F10NO3.C2H6/c25-21(26,23(30,31)24(32,33)34)15-6-4-11-19(12-15)38-35(14-20(36)22(27,28)29)16-7-5-10-18(13-16)37-17-8-2-1-3-9-17;1-2/h1-13,20,36H,14H2;1-2H3/t20-;/m1./s1. The minimum Gasteiger partial charge on any atom is -0.457 e. The maximum atomic E-state index is 14.2. The van der Waals surface area contributed by atoms with E-state index in [1.165, 1.54) is 18.2 Å². The average Bonchev–Trinajstić information content (AvgIpc) is 2.89. The molecule has 40 heavy (non-hydrogen) atoms. The van der Waals surface area contributed by atoms with E-state index in [1.54, 1.807) is 30.3 Å². The molecular formula is C26H23F10NO3. The normalized spacial score (nSPS) is 13.1. The Kier molecular flexibility index (Phi) is 10.3. The van der Waals surface area contributed by atoms with Crippen molar-refractivity contribution in [3.05, 3.63) is 84.4 Å². The van der Waals surface area contributed by atoms with E-state index >= 15 is 0 Å². The second-order valence-electron chi connectivity index (χ2n) is 7.80. The molecule has 0 amide bonds. The maximum absolute atomic E-state index is 14.2. The molecule has 0 aliphatic carbocycles. The highest BCUT2D eigenvalue weighted by Gasteiger charge is 2.73. The molecule has 0 aliphatic heterocycles. The Morgan fingerprint density at radius 3 is 1.82 bits per heavy atom. The van der Waals surface area contributed by atoms with Gasteiger partial charge in [-0.25, -0.2) is 5.06 Å². The summed E-state index contributed by atoms with van der Waals surface area (Å²) in [4.78, 5) is 5.16. The number of aliphatic hydroxyl groups is 1. The molecule has 0 aliphatic rings. The lowest BCUT2D eigenvalue weighted by Gasteiger charge is -2.30. The predicted molar refractivity (Wildman–Crippen MR) is 126 cm³/mol. The van der Waals surface area contributed by atoms with E-state index in [0.29, 0.717) is 16.9 Å². The lowest BCUT2D eigenvalue weighted by molar-refractivity contribution is -0.359. The molecule has 0 bridgehead atoms. The first kappa shape index (κ1) is 32.5. The van der Waals surface area contributed by atoms with Crippen LogP contribution in [0.25, 0.3) is 0 Å². The highest BCUT2D eigenvalue weighted by atomic mass is 19.4. The number of nitrogens with zero attached hydrogens (tertiary/aromatic N) is 1. The van der Waals surface area contributed by atoms with Crippen LogP contribution in [-0.4, -0.2) is 36.0 Å². The first-order chi connectivity index (χ1) is 18.5. The molecule has 0 fully saturated rings. The Balaban J connectivity index is 0.00000274. The summed E-state index contributed by atoms with van der Waals surface area (Å²) in [5.41, 5.74) is -2.02. The van der Waals surface area contributed by atoms with Crippen LogP contribution in [0.2, 0.25) is 0 Å². The molecule has 14 heteroatoms. The van der Waals surface area contributed by atoms with Crippen LogP contribution in [0.1, 0.15) is 19.4 Å². The third-order valence-corrected chi connectivity index (χ3v) is 4.96. The summed E-state index contributed by atoms with van der Waals surface area (Å²) in [6.07, 6.45) is -14.8. The molecule has 1 N–H and O–H groups in total. The quantitative estimate of drug-likeness (QED) is 0.201. The van der Waals surface area contributed by atoms with Gasteiger partial charge in [-0.3, -0.25) is 0 Å². The second-order valence-corrected chi connectivity index (χ2v) is 7.80. The largest absolute Gasteiger partial charge is 0.460 e. The number of rotatable bonds is 9. The van der Waals surface area contributed by atoms with Gasteiger partial charge in [0, 0.05) is 11.6 Å². The fourth-order valence-electron chi connectivity index (χ4n) is 3.02. The van der Waals surface area contributed by atoms with Crippen LogP contribution < -0.4 is 14.6 Å². The Labute approximate surface area is 222 Å². The zero-order valence-corrected chi connectivity index (χ0v) is 20.8. The van der Waals surface area contributed by atoms with Crippen LogP contribution in [0.3, 0.4) is 0 Å². The van der Waals surface area contributed by atoms with Crippen LogP contribution in [0.5, 0.6) is 17.2 Å². The fourth-order valence-corrected chi connectivity index (χ4v) is 3.02. The number of hydrogen-bond donors (Lipinski definition) is 1. The number of halogens is 10. The molecule has 0 unspecified atom stereocenters. The number of aliphatic hydroxyl groups excluding tert-OH is 1. The summed E-state index contributed by atoms with van der Waals surface area (Å²) in [6.45, 7) is 2.66. The van der Waals surface area contributed by atoms with Gasteiger partial charge in [0.15, 0.2) is 11.9 Å². The lowest BCUT2D eigenvalue weighted by Crippen LogP contribution is -2.50. The molecule has 0 heterocycles. The van der Waals surface area contributed by atoms with E-state index in [9.17, 15) is 49.0 Å². The van der Waals surface area contributed by atoms with E-state index in [0.717, 1.165) is 12.1 Å². The first-order valence-electron chi connectivity index (χ1n) is 11.5. The number of hydroxylamine groups is 1. The molecular weight excluding hydrogens is 564 g/mol. The molecule has 1 atom stereocenters. The van der Waals surface area contributed by atoms with E-state index in [2.05, 4.69) is 0 Å². The summed E-state index contributed by atoms with van der Waals surface area (Å²) in [5.74, 6) is -12.6. The Morgan fingerprint density at radius 1 is 0.700 bits per heavy atom. The highest BCUT2D eigenvalue weighted by Crippen LogP contribution is 2.52. The van der Waals surface area contributed by atoms with Crippen LogP contribution >= 0.6 is 0 Å². The van der Waals surface area contributed by atoms with Gasteiger partial charge in [-0.2, -0.15) is 43.9 Å². The van der Waals surface area contributed by atoms with Crippen molar-refractivity contribution in [2.45, 2.75) is 44.1 Å². The summed E-state index contributed by atoms with van der Waals surface area (Å²) in [6, 6.07) is 15.1. The summed E-state index contributed by atoms with van der Waals surface area (Å²) >= 11 is 0. The van der Waals surface area contributed by atoms with Crippen LogP contribution in [0, 0.1) is 0 Å². The number of benzene rings is 3. The monoisotopic (exact) mass is 587 g/mol. The molecule has 3 rings (SSSR count).